The molecule has 0 aromatic heterocycles. The molecule has 176 valence electrons. The first-order valence-electron chi connectivity index (χ1n) is 11.3. The number of nitrogens with zero attached hydrogens (tertiary/aromatic N) is 2. The second-order valence-corrected chi connectivity index (χ2v) is 9.10. The number of hydrogen-bond acceptors (Lipinski definition) is 7. The van der Waals surface area contributed by atoms with Crippen molar-refractivity contribution in [3.05, 3.63) is 45.7 Å². The van der Waals surface area contributed by atoms with Crippen LogP contribution in [0.15, 0.2) is 23.4 Å². The Hall–Kier alpha value is -2.78. The van der Waals surface area contributed by atoms with Crippen LogP contribution in [0.25, 0.3) is 0 Å². The molecule has 1 spiro atoms. The number of hydrogen-bond donors (Lipinski definition) is 0. The van der Waals surface area contributed by atoms with Crippen LogP contribution in [-0.2, 0) is 30.4 Å². The zero-order valence-electron chi connectivity index (χ0n) is 18.8. The normalized spacial score (nSPS) is 23.7. The van der Waals surface area contributed by atoms with E-state index >= 15 is 4.39 Å². The predicted molar refractivity (Wildman–Crippen MR) is 114 cm³/mol. The maximum absolute atomic E-state index is 15.3. The molecule has 8 nitrogen and oxygen atoms in total. The summed E-state index contributed by atoms with van der Waals surface area (Å²) in [6.07, 6.45) is -0.294. The quantitative estimate of drug-likeness (QED) is 0.640. The summed E-state index contributed by atoms with van der Waals surface area (Å²) in [5.74, 6) is -0.890. The maximum atomic E-state index is 15.3. The third-order valence-corrected chi connectivity index (χ3v) is 7.36. The van der Waals surface area contributed by atoms with E-state index in [0.29, 0.717) is 61.5 Å². The molecular formula is C24H27FN2O6. The topological polar surface area (TPSA) is 85.4 Å². The zero-order valence-corrected chi connectivity index (χ0v) is 18.8. The van der Waals surface area contributed by atoms with Gasteiger partial charge in [0.25, 0.3) is 5.91 Å². The number of ether oxygens (including phenoxy) is 3. The average Bonchev–Trinajstić information content (AvgIpc) is 3.35. The molecule has 4 aliphatic rings. The molecule has 1 aromatic rings. The Morgan fingerprint density at radius 2 is 1.76 bits per heavy atom. The number of amides is 1. The maximum Gasteiger partial charge on any atom is 0.338 e. The van der Waals surface area contributed by atoms with Gasteiger partial charge in [-0.25, -0.2) is 14.0 Å². The smallest absolute Gasteiger partial charge is 0.338 e. The number of carbonyl (C=O) groups is 3. The van der Waals surface area contributed by atoms with E-state index in [1.54, 1.807) is 24.0 Å². The molecule has 1 aromatic carbocycles. The molecule has 1 unspecified atom stereocenters. The van der Waals surface area contributed by atoms with Crippen LogP contribution >= 0.6 is 0 Å². The molecule has 2 fully saturated rings. The van der Waals surface area contributed by atoms with E-state index in [1.807, 2.05) is 11.8 Å². The van der Waals surface area contributed by atoms with Crippen LogP contribution < -0.4 is 0 Å². The van der Waals surface area contributed by atoms with Crippen molar-refractivity contribution in [1.29, 1.82) is 0 Å². The van der Waals surface area contributed by atoms with E-state index < -0.39 is 11.8 Å². The number of piperidine rings is 1. The molecule has 0 N–H and O–H groups in total. The minimum atomic E-state index is -1.21. The first-order chi connectivity index (χ1) is 15.8. The van der Waals surface area contributed by atoms with Gasteiger partial charge in [-0.05, 0) is 43.9 Å². The summed E-state index contributed by atoms with van der Waals surface area (Å²) < 4.78 is 31.4. The van der Waals surface area contributed by atoms with Gasteiger partial charge in [0.2, 0.25) is 0 Å². The number of halogens is 1. The predicted octanol–water partition coefficient (Wildman–Crippen LogP) is 2.20. The summed E-state index contributed by atoms with van der Waals surface area (Å²) in [6.45, 7) is 5.83. The largest absolute Gasteiger partial charge is 0.457 e. The van der Waals surface area contributed by atoms with Gasteiger partial charge < -0.3 is 19.1 Å². The standard InChI is InChI=1S/C24H27FN2O6/c1-14-16(3-4-17-18(14)12-31-22(17)29)19(25)11-26-7-5-24(6-8-26)23(30)27(9-10-33-24)20-13-32-21(28)15(20)2/h3-4,19H,5-13H2,1-2H3. The summed E-state index contributed by atoms with van der Waals surface area (Å²) in [5, 5.41) is 0. The number of cyclic esters (lactones) is 2. The van der Waals surface area contributed by atoms with E-state index in [9.17, 15) is 14.4 Å². The average molecular weight is 458 g/mol. The minimum Gasteiger partial charge on any atom is -0.457 e. The van der Waals surface area contributed by atoms with Crippen molar-refractivity contribution in [3.8, 4) is 0 Å². The van der Waals surface area contributed by atoms with E-state index in [2.05, 4.69) is 0 Å². The Balaban J connectivity index is 1.24. The van der Waals surface area contributed by atoms with Gasteiger partial charge in [-0.2, -0.15) is 0 Å². The molecule has 9 heteroatoms. The van der Waals surface area contributed by atoms with Crippen LogP contribution in [0.3, 0.4) is 0 Å². The van der Waals surface area contributed by atoms with Crippen molar-refractivity contribution < 1.29 is 33.0 Å². The first-order valence-corrected chi connectivity index (χ1v) is 11.3. The van der Waals surface area contributed by atoms with Gasteiger partial charge in [-0.1, -0.05) is 6.07 Å². The van der Waals surface area contributed by atoms with Gasteiger partial charge in [0.1, 0.15) is 25.0 Å². The van der Waals surface area contributed by atoms with Crippen LogP contribution in [0.1, 0.15) is 53.0 Å². The molecule has 5 rings (SSSR count). The zero-order chi connectivity index (χ0) is 23.3. The van der Waals surface area contributed by atoms with Gasteiger partial charge in [0.15, 0.2) is 0 Å². The molecule has 1 atom stereocenters. The fourth-order valence-corrected chi connectivity index (χ4v) is 5.23. The number of carbonyl (C=O) groups excluding carboxylic acids is 3. The highest BCUT2D eigenvalue weighted by Crippen LogP contribution is 2.36. The molecular weight excluding hydrogens is 431 g/mol. The van der Waals surface area contributed by atoms with Gasteiger partial charge in [0.05, 0.1) is 23.4 Å². The number of fused-ring (bicyclic) bond motifs is 1. The van der Waals surface area contributed by atoms with E-state index in [-0.39, 0.29) is 37.6 Å². The van der Waals surface area contributed by atoms with Crippen LogP contribution in [0.4, 0.5) is 4.39 Å². The molecule has 0 aliphatic carbocycles. The molecule has 0 bridgehead atoms. The Bertz CT molecular complexity index is 1060. The van der Waals surface area contributed by atoms with Gasteiger partial charge in [-0.15, -0.1) is 0 Å². The summed E-state index contributed by atoms with van der Waals surface area (Å²) in [4.78, 5) is 40.5. The Labute approximate surface area is 191 Å². The van der Waals surface area contributed by atoms with Crippen molar-refractivity contribution in [2.75, 3.05) is 39.4 Å². The lowest BCUT2D eigenvalue weighted by Crippen LogP contribution is -2.60. The number of likely N-dealkylation sites (tertiary alicyclic amines) is 1. The summed E-state index contributed by atoms with van der Waals surface area (Å²) in [5.41, 5.74) is 2.75. The molecule has 0 saturated carbocycles. The van der Waals surface area contributed by atoms with Gasteiger partial charge in [-0.3, -0.25) is 9.69 Å². The summed E-state index contributed by atoms with van der Waals surface area (Å²) in [7, 11) is 0. The van der Waals surface area contributed by atoms with Gasteiger partial charge >= 0.3 is 11.9 Å². The van der Waals surface area contributed by atoms with Gasteiger partial charge in [0, 0.05) is 31.7 Å². The lowest BCUT2D eigenvalue weighted by Gasteiger charge is -2.46. The van der Waals surface area contributed by atoms with E-state index in [1.165, 1.54) is 0 Å². The van der Waals surface area contributed by atoms with Crippen LogP contribution in [0.5, 0.6) is 0 Å². The monoisotopic (exact) mass is 458 g/mol. The molecule has 2 saturated heterocycles. The minimum absolute atomic E-state index is 0.110. The number of morpholine rings is 1. The Morgan fingerprint density at radius 3 is 2.45 bits per heavy atom. The van der Waals surface area contributed by atoms with Crippen molar-refractivity contribution in [1.82, 2.24) is 9.80 Å². The van der Waals surface area contributed by atoms with E-state index in [4.69, 9.17) is 14.2 Å². The fourth-order valence-electron chi connectivity index (χ4n) is 5.23. The third-order valence-electron chi connectivity index (χ3n) is 7.36. The number of esters is 2. The third kappa shape index (κ3) is 3.63. The highest BCUT2D eigenvalue weighted by molar-refractivity contribution is 5.95. The van der Waals surface area contributed by atoms with Crippen molar-refractivity contribution in [3.63, 3.8) is 0 Å². The second kappa shape index (κ2) is 8.22. The van der Waals surface area contributed by atoms with Crippen LogP contribution in [0.2, 0.25) is 0 Å². The Morgan fingerprint density at radius 1 is 1.03 bits per heavy atom. The molecule has 33 heavy (non-hydrogen) atoms. The van der Waals surface area contributed by atoms with Crippen molar-refractivity contribution in [2.45, 2.75) is 45.1 Å². The number of alkyl halides is 1. The molecule has 1 amide bonds. The van der Waals surface area contributed by atoms with Crippen molar-refractivity contribution in [2.24, 2.45) is 0 Å². The number of rotatable bonds is 4. The highest BCUT2D eigenvalue weighted by atomic mass is 19.1. The lowest BCUT2D eigenvalue weighted by molar-refractivity contribution is -0.177. The van der Waals surface area contributed by atoms with E-state index in [0.717, 1.165) is 11.1 Å². The summed E-state index contributed by atoms with van der Waals surface area (Å²) in [6, 6.07) is 3.31. The lowest BCUT2D eigenvalue weighted by atomic mass is 9.87. The molecule has 4 aliphatic heterocycles. The molecule has 0 radical (unpaired) electrons. The SMILES string of the molecule is CC1=C(N2CCOC3(CCN(CC(F)c4ccc5c(c4C)COC5=O)CC3)C2=O)COC1=O. The van der Waals surface area contributed by atoms with Crippen molar-refractivity contribution >= 4 is 17.8 Å². The fraction of sp³-hybridized carbons (Fsp3) is 0.542. The number of benzene rings is 1. The molecule has 4 heterocycles. The summed E-state index contributed by atoms with van der Waals surface area (Å²) >= 11 is 0. The second-order valence-electron chi connectivity index (χ2n) is 9.10. The van der Waals surface area contributed by atoms with Crippen LogP contribution in [-0.4, -0.2) is 72.6 Å². The highest BCUT2D eigenvalue weighted by Gasteiger charge is 2.49. The van der Waals surface area contributed by atoms with Crippen LogP contribution in [0, 0.1) is 6.92 Å². The first kappa shape index (κ1) is 22.0. The Kier molecular flexibility index (Phi) is 5.49.